The van der Waals surface area contributed by atoms with Gasteiger partial charge in [0.2, 0.25) is 10.0 Å². The van der Waals surface area contributed by atoms with Crippen molar-refractivity contribution in [2.75, 3.05) is 19.6 Å². The van der Waals surface area contributed by atoms with Gasteiger partial charge in [0, 0.05) is 30.6 Å². The van der Waals surface area contributed by atoms with Crippen molar-refractivity contribution in [3.05, 3.63) is 65.5 Å². The molecule has 31 heavy (non-hydrogen) atoms. The Morgan fingerprint density at radius 2 is 1.77 bits per heavy atom. The van der Waals surface area contributed by atoms with Gasteiger partial charge in [0.05, 0.1) is 17.1 Å². The maximum atomic E-state index is 13.2. The van der Waals surface area contributed by atoms with Crippen LogP contribution in [0.4, 0.5) is 4.39 Å². The monoisotopic (exact) mass is 446 g/mol. The molecular formula is C23H27FN2O4S. The number of hydrogen-bond donors (Lipinski definition) is 1. The fourth-order valence-corrected chi connectivity index (χ4v) is 5.78. The first-order valence-electron chi connectivity index (χ1n) is 10.5. The van der Waals surface area contributed by atoms with Crippen LogP contribution in [0.2, 0.25) is 0 Å². The highest BCUT2D eigenvalue weighted by Crippen LogP contribution is 2.47. The van der Waals surface area contributed by atoms with Crippen LogP contribution in [0, 0.1) is 5.82 Å². The van der Waals surface area contributed by atoms with E-state index in [1.54, 1.807) is 24.3 Å². The Morgan fingerprint density at radius 1 is 1.13 bits per heavy atom. The molecule has 0 spiro atoms. The van der Waals surface area contributed by atoms with Gasteiger partial charge in [-0.15, -0.1) is 0 Å². The second-order valence-electron chi connectivity index (χ2n) is 8.58. The molecule has 0 bridgehead atoms. The molecule has 6 nitrogen and oxygen atoms in total. The summed E-state index contributed by atoms with van der Waals surface area (Å²) >= 11 is 0. The summed E-state index contributed by atoms with van der Waals surface area (Å²) in [7, 11) is -3.72. The van der Waals surface area contributed by atoms with Crippen molar-refractivity contribution in [2.24, 2.45) is 0 Å². The number of carbonyl (C=O) groups excluding carboxylic acids is 1. The van der Waals surface area contributed by atoms with Gasteiger partial charge in [-0.05, 0) is 62.6 Å². The first-order chi connectivity index (χ1) is 14.7. The van der Waals surface area contributed by atoms with E-state index in [1.807, 2.05) is 13.8 Å². The number of halogens is 1. The van der Waals surface area contributed by atoms with Gasteiger partial charge in [0.1, 0.15) is 5.82 Å². The molecule has 1 saturated heterocycles. The molecule has 2 unspecified atom stereocenters. The molecular weight excluding hydrogens is 419 g/mol. The van der Waals surface area contributed by atoms with E-state index in [4.69, 9.17) is 4.74 Å². The largest absolute Gasteiger partial charge is 0.373 e. The zero-order valence-corrected chi connectivity index (χ0v) is 18.5. The highest BCUT2D eigenvalue weighted by molar-refractivity contribution is 7.89. The topological polar surface area (TPSA) is 75.7 Å². The van der Waals surface area contributed by atoms with E-state index in [1.165, 1.54) is 28.6 Å². The summed E-state index contributed by atoms with van der Waals surface area (Å²) in [6.45, 7) is 4.67. The smallest absolute Gasteiger partial charge is 0.251 e. The van der Waals surface area contributed by atoms with E-state index in [9.17, 15) is 17.6 Å². The summed E-state index contributed by atoms with van der Waals surface area (Å²) in [5, 5.41) is 2.93. The van der Waals surface area contributed by atoms with Crippen LogP contribution in [0.5, 0.6) is 0 Å². The van der Waals surface area contributed by atoms with Gasteiger partial charge < -0.3 is 10.1 Å². The third kappa shape index (κ3) is 4.66. The normalized spacial score (nSPS) is 23.3. The number of amides is 1. The fraction of sp³-hybridized carbons (Fsp3) is 0.435. The Morgan fingerprint density at radius 3 is 2.39 bits per heavy atom. The lowest BCUT2D eigenvalue weighted by molar-refractivity contribution is -0.0440. The molecule has 4 rings (SSSR count). The van der Waals surface area contributed by atoms with Crippen molar-refractivity contribution in [3.8, 4) is 0 Å². The number of ether oxygens (including phenoxy) is 1. The van der Waals surface area contributed by atoms with E-state index < -0.39 is 10.0 Å². The number of hydrogen-bond acceptors (Lipinski definition) is 4. The lowest BCUT2D eigenvalue weighted by Gasteiger charge is -2.34. The van der Waals surface area contributed by atoms with Gasteiger partial charge in [0.15, 0.2) is 0 Å². The molecule has 2 aromatic carbocycles. The van der Waals surface area contributed by atoms with E-state index >= 15 is 0 Å². The van der Waals surface area contributed by atoms with Crippen LogP contribution in [0.25, 0.3) is 0 Å². The zero-order valence-electron chi connectivity index (χ0n) is 17.7. The number of benzene rings is 2. The molecule has 166 valence electrons. The van der Waals surface area contributed by atoms with Gasteiger partial charge in [-0.25, -0.2) is 12.8 Å². The van der Waals surface area contributed by atoms with Crippen LogP contribution in [-0.2, 0) is 20.2 Å². The maximum absolute atomic E-state index is 13.2. The third-order valence-corrected chi connectivity index (χ3v) is 7.85. The van der Waals surface area contributed by atoms with E-state index in [0.29, 0.717) is 12.1 Å². The summed E-state index contributed by atoms with van der Waals surface area (Å²) in [6, 6.07) is 12.5. The van der Waals surface area contributed by atoms with Gasteiger partial charge in [-0.1, -0.05) is 18.2 Å². The first-order valence-corrected chi connectivity index (χ1v) is 11.9. The van der Waals surface area contributed by atoms with Crippen molar-refractivity contribution in [1.82, 2.24) is 9.62 Å². The Balaban J connectivity index is 1.46. The standard InChI is InChI=1S/C23H27FN2O4S/c1-16-13-26(14-17(2)30-16)31(28,29)21-5-3-4-18(12-21)22(27)25-15-23(10-11-23)19-6-8-20(24)9-7-19/h3-9,12,16-17H,10-11,13-15H2,1-2H3,(H,25,27). The molecule has 2 aromatic rings. The molecule has 1 N–H and O–H groups in total. The number of sulfonamides is 1. The maximum Gasteiger partial charge on any atom is 0.251 e. The number of nitrogens with zero attached hydrogens (tertiary/aromatic N) is 1. The highest BCUT2D eigenvalue weighted by atomic mass is 32.2. The second kappa shape index (κ2) is 8.33. The first kappa shape index (κ1) is 21.9. The molecule has 8 heteroatoms. The minimum Gasteiger partial charge on any atom is -0.373 e. The molecule has 0 aromatic heterocycles. The molecule has 1 aliphatic heterocycles. The Kier molecular flexibility index (Phi) is 5.89. The molecule has 1 heterocycles. The SMILES string of the molecule is CC1CN(S(=O)(=O)c2cccc(C(=O)NCC3(c4ccc(F)cc4)CC3)c2)CC(C)O1. The van der Waals surface area contributed by atoms with Crippen LogP contribution < -0.4 is 5.32 Å². The molecule has 1 amide bonds. The Labute approximate surface area is 182 Å². The van der Waals surface area contributed by atoms with Gasteiger partial charge in [-0.2, -0.15) is 4.31 Å². The number of nitrogens with one attached hydrogen (secondary N) is 1. The van der Waals surface area contributed by atoms with Gasteiger partial charge in [-0.3, -0.25) is 4.79 Å². The van der Waals surface area contributed by atoms with Crippen LogP contribution >= 0.6 is 0 Å². The summed E-state index contributed by atoms with van der Waals surface area (Å²) < 4.78 is 46.5. The lowest BCUT2D eigenvalue weighted by atomic mass is 9.96. The summed E-state index contributed by atoms with van der Waals surface area (Å²) in [5.41, 5.74) is 1.12. The average molecular weight is 447 g/mol. The highest BCUT2D eigenvalue weighted by Gasteiger charge is 2.44. The van der Waals surface area contributed by atoms with Gasteiger partial charge in [0.25, 0.3) is 5.91 Å². The lowest BCUT2D eigenvalue weighted by Crippen LogP contribution is -2.48. The van der Waals surface area contributed by atoms with Crippen molar-refractivity contribution >= 4 is 15.9 Å². The van der Waals surface area contributed by atoms with Crippen molar-refractivity contribution in [2.45, 2.75) is 49.2 Å². The van der Waals surface area contributed by atoms with Crippen molar-refractivity contribution in [1.29, 1.82) is 0 Å². The minimum absolute atomic E-state index is 0.0983. The number of rotatable bonds is 6. The predicted molar refractivity (Wildman–Crippen MR) is 115 cm³/mol. The minimum atomic E-state index is -3.72. The van der Waals surface area contributed by atoms with Crippen LogP contribution in [-0.4, -0.2) is 50.5 Å². The van der Waals surface area contributed by atoms with Gasteiger partial charge >= 0.3 is 0 Å². The van der Waals surface area contributed by atoms with Crippen LogP contribution in [0.15, 0.2) is 53.4 Å². The summed E-state index contributed by atoms with van der Waals surface area (Å²) in [6.07, 6.45) is 1.46. The number of carbonyl (C=O) groups is 1. The van der Waals surface area contributed by atoms with E-state index in [2.05, 4.69) is 5.32 Å². The Bertz CT molecular complexity index is 1060. The molecule has 2 fully saturated rings. The zero-order chi connectivity index (χ0) is 22.2. The third-order valence-electron chi connectivity index (χ3n) is 6.02. The molecule has 0 radical (unpaired) electrons. The molecule has 1 saturated carbocycles. The quantitative estimate of drug-likeness (QED) is 0.740. The van der Waals surface area contributed by atoms with Crippen LogP contribution in [0.1, 0.15) is 42.6 Å². The number of morpholine rings is 1. The second-order valence-corrected chi connectivity index (χ2v) is 10.5. The summed E-state index contributed by atoms with van der Waals surface area (Å²) in [5.74, 6) is -0.611. The van der Waals surface area contributed by atoms with Crippen LogP contribution in [0.3, 0.4) is 0 Å². The molecule has 2 aliphatic rings. The van der Waals surface area contributed by atoms with E-state index in [-0.39, 0.29) is 47.3 Å². The molecule has 1 aliphatic carbocycles. The van der Waals surface area contributed by atoms with Crippen molar-refractivity contribution in [3.63, 3.8) is 0 Å². The average Bonchev–Trinajstić information content (AvgIpc) is 3.53. The molecule has 2 atom stereocenters. The van der Waals surface area contributed by atoms with E-state index in [0.717, 1.165) is 18.4 Å². The fourth-order valence-electron chi connectivity index (χ4n) is 4.15. The summed E-state index contributed by atoms with van der Waals surface area (Å²) in [4.78, 5) is 12.9. The van der Waals surface area contributed by atoms with Crippen molar-refractivity contribution < 1.29 is 22.3 Å². The Hall–Kier alpha value is -2.29. The predicted octanol–water partition coefficient (Wildman–Crippen LogP) is 3.09.